The van der Waals surface area contributed by atoms with Gasteiger partial charge in [0.1, 0.15) is 0 Å². The molecule has 25 heavy (non-hydrogen) atoms. The standard InChI is InChI=1S/C19H19N3O3/c1-2-24-16-10-3-4-11-17(16)25-13-21-19(23)22-15-9-5-7-14-8-6-12-20-18(14)15/h3-12H,2,13H2,1H3,(H2,21,22,23). The van der Waals surface area contributed by atoms with Crippen molar-refractivity contribution in [2.24, 2.45) is 0 Å². The van der Waals surface area contributed by atoms with Gasteiger partial charge in [-0.2, -0.15) is 0 Å². The van der Waals surface area contributed by atoms with Gasteiger partial charge in [-0.3, -0.25) is 4.98 Å². The van der Waals surface area contributed by atoms with Crippen molar-refractivity contribution in [2.75, 3.05) is 18.7 Å². The first-order valence-corrected chi connectivity index (χ1v) is 8.01. The van der Waals surface area contributed by atoms with Gasteiger partial charge in [-0.25, -0.2) is 4.79 Å². The predicted octanol–water partition coefficient (Wildman–Crippen LogP) is 3.79. The number of anilines is 1. The maximum absolute atomic E-state index is 12.1. The highest BCUT2D eigenvalue weighted by molar-refractivity contribution is 5.99. The van der Waals surface area contributed by atoms with E-state index in [9.17, 15) is 4.79 Å². The Labute approximate surface area is 145 Å². The fraction of sp³-hybridized carbons (Fsp3) is 0.158. The van der Waals surface area contributed by atoms with Gasteiger partial charge in [-0.05, 0) is 31.2 Å². The van der Waals surface area contributed by atoms with Crippen LogP contribution in [0.4, 0.5) is 10.5 Å². The normalized spacial score (nSPS) is 10.3. The van der Waals surface area contributed by atoms with Crippen LogP contribution in [0, 0.1) is 0 Å². The van der Waals surface area contributed by atoms with Crippen molar-refractivity contribution in [1.29, 1.82) is 0 Å². The van der Waals surface area contributed by atoms with E-state index in [2.05, 4.69) is 15.6 Å². The number of para-hydroxylation sites is 3. The molecule has 0 radical (unpaired) electrons. The number of rotatable bonds is 6. The zero-order valence-electron chi connectivity index (χ0n) is 13.9. The number of pyridine rings is 1. The van der Waals surface area contributed by atoms with Gasteiger partial charge in [-0.15, -0.1) is 0 Å². The van der Waals surface area contributed by atoms with Crippen LogP contribution in [0.3, 0.4) is 0 Å². The van der Waals surface area contributed by atoms with Gasteiger partial charge >= 0.3 is 6.03 Å². The van der Waals surface area contributed by atoms with Crippen molar-refractivity contribution in [3.8, 4) is 11.5 Å². The van der Waals surface area contributed by atoms with Crippen molar-refractivity contribution < 1.29 is 14.3 Å². The van der Waals surface area contributed by atoms with Crippen LogP contribution in [0.25, 0.3) is 10.9 Å². The van der Waals surface area contributed by atoms with Gasteiger partial charge < -0.3 is 20.1 Å². The van der Waals surface area contributed by atoms with Gasteiger partial charge in [0.2, 0.25) is 0 Å². The van der Waals surface area contributed by atoms with E-state index >= 15 is 0 Å². The number of amides is 2. The molecule has 6 nitrogen and oxygen atoms in total. The Balaban J connectivity index is 1.58. The Bertz CT molecular complexity index is 862. The SMILES string of the molecule is CCOc1ccccc1OCNC(=O)Nc1cccc2cccnc12. The molecule has 0 atom stereocenters. The Morgan fingerprint density at radius 2 is 1.76 bits per heavy atom. The van der Waals surface area contributed by atoms with Crippen LogP contribution in [0.1, 0.15) is 6.92 Å². The summed E-state index contributed by atoms with van der Waals surface area (Å²) < 4.78 is 11.0. The Morgan fingerprint density at radius 1 is 1.00 bits per heavy atom. The third kappa shape index (κ3) is 4.17. The number of carbonyl (C=O) groups excluding carboxylic acids is 1. The van der Waals surface area contributed by atoms with Crippen LogP contribution < -0.4 is 20.1 Å². The lowest BCUT2D eigenvalue weighted by atomic mass is 10.2. The molecule has 0 fully saturated rings. The number of nitrogens with zero attached hydrogens (tertiary/aromatic N) is 1. The van der Waals surface area contributed by atoms with Crippen molar-refractivity contribution in [2.45, 2.75) is 6.92 Å². The summed E-state index contributed by atoms with van der Waals surface area (Å²) in [5.74, 6) is 1.22. The predicted molar refractivity (Wildman–Crippen MR) is 97.0 cm³/mol. The molecule has 6 heteroatoms. The zero-order valence-corrected chi connectivity index (χ0v) is 13.9. The largest absolute Gasteiger partial charge is 0.490 e. The molecular weight excluding hydrogens is 318 g/mol. The molecule has 0 saturated heterocycles. The van der Waals surface area contributed by atoms with Gasteiger partial charge in [0.05, 0.1) is 17.8 Å². The van der Waals surface area contributed by atoms with Gasteiger partial charge in [0, 0.05) is 11.6 Å². The summed E-state index contributed by atoms with van der Waals surface area (Å²) in [6.45, 7) is 2.47. The monoisotopic (exact) mass is 337 g/mol. The lowest BCUT2D eigenvalue weighted by molar-refractivity contribution is 0.229. The first kappa shape index (κ1) is 16.6. The Morgan fingerprint density at radius 3 is 2.56 bits per heavy atom. The molecule has 1 aromatic heterocycles. The quantitative estimate of drug-likeness (QED) is 0.671. The van der Waals surface area contributed by atoms with E-state index in [0.29, 0.717) is 23.8 Å². The molecule has 0 bridgehead atoms. The molecule has 0 saturated carbocycles. The summed E-state index contributed by atoms with van der Waals surface area (Å²) in [6.07, 6.45) is 1.69. The van der Waals surface area contributed by atoms with E-state index in [1.807, 2.05) is 49.4 Å². The number of aromatic nitrogens is 1. The van der Waals surface area contributed by atoms with E-state index < -0.39 is 0 Å². The molecule has 0 aliphatic rings. The summed E-state index contributed by atoms with van der Waals surface area (Å²) in [5.41, 5.74) is 1.38. The first-order chi connectivity index (χ1) is 12.3. The van der Waals surface area contributed by atoms with E-state index in [1.165, 1.54) is 0 Å². The average Bonchev–Trinajstić information content (AvgIpc) is 2.64. The van der Waals surface area contributed by atoms with Crippen LogP contribution in [-0.2, 0) is 0 Å². The molecule has 2 amide bonds. The Kier molecular flexibility index (Phi) is 5.31. The summed E-state index contributed by atoms with van der Waals surface area (Å²) in [7, 11) is 0. The highest BCUT2D eigenvalue weighted by Crippen LogP contribution is 2.26. The third-order valence-electron chi connectivity index (χ3n) is 3.49. The zero-order chi connectivity index (χ0) is 17.5. The highest BCUT2D eigenvalue weighted by atomic mass is 16.5. The molecule has 2 N–H and O–H groups in total. The minimum Gasteiger partial charge on any atom is -0.490 e. The number of nitrogens with one attached hydrogen (secondary N) is 2. The second-order valence-electron chi connectivity index (χ2n) is 5.18. The molecule has 3 rings (SSSR count). The molecule has 2 aromatic carbocycles. The highest BCUT2D eigenvalue weighted by Gasteiger charge is 2.07. The van der Waals surface area contributed by atoms with Crippen LogP contribution in [0.15, 0.2) is 60.8 Å². The molecular formula is C19H19N3O3. The number of hydrogen-bond donors (Lipinski definition) is 2. The van der Waals surface area contributed by atoms with Crippen LogP contribution in [0.2, 0.25) is 0 Å². The fourth-order valence-corrected chi connectivity index (χ4v) is 2.40. The maximum atomic E-state index is 12.1. The van der Waals surface area contributed by atoms with E-state index in [-0.39, 0.29) is 12.8 Å². The number of urea groups is 1. The fourth-order valence-electron chi connectivity index (χ4n) is 2.40. The van der Waals surface area contributed by atoms with Gasteiger partial charge in [0.25, 0.3) is 0 Å². The van der Waals surface area contributed by atoms with E-state index in [1.54, 1.807) is 18.3 Å². The number of benzene rings is 2. The maximum Gasteiger partial charge on any atom is 0.321 e. The van der Waals surface area contributed by atoms with E-state index in [4.69, 9.17) is 9.47 Å². The van der Waals surface area contributed by atoms with Crippen LogP contribution in [-0.4, -0.2) is 24.4 Å². The smallest absolute Gasteiger partial charge is 0.321 e. The number of ether oxygens (including phenoxy) is 2. The molecule has 0 aliphatic heterocycles. The van der Waals surface area contributed by atoms with Crippen molar-refractivity contribution >= 4 is 22.6 Å². The summed E-state index contributed by atoms with van der Waals surface area (Å²) >= 11 is 0. The van der Waals surface area contributed by atoms with Crippen LogP contribution >= 0.6 is 0 Å². The molecule has 3 aromatic rings. The van der Waals surface area contributed by atoms with Crippen molar-refractivity contribution in [1.82, 2.24) is 10.3 Å². The van der Waals surface area contributed by atoms with E-state index in [0.717, 1.165) is 10.9 Å². The average molecular weight is 337 g/mol. The first-order valence-electron chi connectivity index (χ1n) is 8.01. The second-order valence-corrected chi connectivity index (χ2v) is 5.18. The summed E-state index contributed by atoms with van der Waals surface area (Å²) in [6, 6.07) is 16.4. The lowest BCUT2D eigenvalue weighted by Gasteiger charge is -2.13. The Hall–Kier alpha value is -3.28. The van der Waals surface area contributed by atoms with Crippen molar-refractivity contribution in [3.05, 3.63) is 60.8 Å². The molecule has 1 heterocycles. The third-order valence-corrected chi connectivity index (χ3v) is 3.49. The summed E-state index contributed by atoms with van der Waals surface area (Å²) in [5, 5.41) is 6.41. The number of fused-ring (bicyclic) bond motifs is 1. The van der Waals surface area contributed by atoms with Gasteiger partial charge in [0.15, 0.2) is 18.2 Å². The van der Waals surface area contributed by atoms with Gasteiger partial charge in [-0.1, -0.05) is 30.3 Å². The minimum atomic E-state index is -0.368. The lowest BCUT2D eigenvalue weighted by Crippen LogP contribution is -2.32. The molecule has 0 aliphatic carbocycles. The number of carbonyl (C=O) groups is 1. The molecule has 128 valence electrons. The summed E-state index contributed by atoms with van der Waals surface area (Å²) in [4.78, 5) is 16.4. The number of hydrogen-bond acceptors (Lipinski definition) is 4. The molecule has 0 unspecified atom stereocenters. The second kappa shape index (κ2) is 8.01. The van der Waals surface area contributed by atoms with Crippen molar-refractivity contribution in [3.63, 3.8) is 0 Å². The minimum absolute atomic E-state index is 0.0219. The molecule has 0 spiro atoms. The topological polar surface area (TPSA) is 72.5 Å². The van der Waals surface area contributed by atoms with Crippen LogP contribution in [0.5, 0.6) is 11.5 Å².